The average molecular weight is 414 g/mol. The third-order valence-electron chi connectivity index (χ3n) is 4.66. The molecule has 0 aliphatic carbocycles. The van der Waals surface area contributed by atoms with E-state index in [1.54, 1.807) is 24.0 Å². The van der Waals surface area contributed by atoms with Crippen LogP contribution < -0.4 is 10.8 Å². The highest BCUT2D eigenvalue weighted by molar-refractivity contribution is 7.09. The number of hydrogen-bond acceptors (Lipinski definition) is 6. The highest BCUT2D eigenvalue weighted by Crippen LogP contribution is 2.22. The van der Waals surface area contributed by atoms with E-state index in [1.165, 1.54) is 11.3 Å². The predicted molar refractivity (Wildman–Crippen MR) is 109 cm³/mol. The van der Waals surface area contributed by atoms with Gasteiger partial charge in [0.15, 0.2) is 0 Å². The van der Waals surface area contributed by atoms with Crippen molar-refractivity contribution in [2.75, 3.05) is 19.7 Å². The van der Waals surface area contributed by atoms with Crippen LogP contribution in [0.2, 0.25) is 0 Å². The average Bonchev–Trinajstić information content (AvgIpc) is 3.25. The van der Waals surface area contributed by atoms with Gasteiger partial charge in [0.25, 0.3) is 0 Å². The smallest absolute Gasteiger partial charge is 0.341 e. The molecule has 152 valence electrons. The number of carbonyl (C=O) groups excluding carboxylic acids is 2. The highest BCUT2D eigenvalue weighted by atomic mass is 32.1. The van der Waals surface area contributed by atoms with E-state index in [1.807, 2.05) is 17.5 Å². The van der Waals surface area contributed by atoms with E-state index in [2.05, 4.69) is 21.9 Å². The molecule has 1 aliphatic rings. The van der Waals surface area contributed by atoms with Gasteiger partial charge in [-0.15, -0.1) is 11.3 Å². The topological polar surface area (TPSA) is 107 Å². The summed E-state index contributed by atoms with van der Waals surface area (Å²) in [5, 5.41) is 14.6. The molecule has 1 atom stereocenters. The van der Waals surface area contributed by atoms with E-state index in [9.17, 15) is 9.59 Å². The Morgan fingerprint density at radius 1 is 1.38 bits per heavy atom. The van der Waals surface area contributed by atoms with Crippen LogP contribution in [0.15, 0.2) is 29.6 Å². The molecule has 1 aromatic heterocycles. The monoisotopic (exact) mass is 413 g/mol. The van der Waals surface area contributed by atoms with Crippen molar-refractivity contribution in [2.24, 2.45) is 5.92 Å². The fourth-order valence-corrected chi connectivity index (χ4v) is 3.86. The van der Waals surface area contributed by atoms with Crippen molar-refractivity contribution < 1.29 is 14.4 Å². The van der Waals surface area contributed by atoms with E-state index < -0.39 is 0 Å². The molecule has 3 amide bonds. The van der Waals surface area contributed by atoms with Gasteiger partial charge in [-0.2, -0.15) is 5.26 Å². The lowest BCUT2D eigenvalue weighted by Gasteiger charge is -2.31. The van der Waals surface area contributed by atoms with Gasteiger partial charge in [-0.3, -0.25) is 9.63 Å². The van der Waals surface area contributed by atoms with E-state index >= 15 is 0 Å². The zero-order valence-electron chi connectivity index (χ0n) is 16.2. The zero-order valence-corrected chi connectivity index (χ0v) is 17.0. The Labute approximate surface area is 173 Å². The summed E-state index contributed by atoms with van der Waals surface area (Å²) in [6.07, 6.45) is 1.52. The number of nitrogens with zero attached hydrogens (tertiary/aromatic N) is 3. The number of urea groups is 1. The summed E-state index contributed by atoms with van der Waals surface area (Å²) in [5.74, 6) is -0.317. The maximum absolute atomic E-state index is 12.5. The summed E-state index contributed by atoms with van der Waals surface area (Å²) in [5.41, 5.74) is 4.73. The summed E-state index contributed by atoms with van der Waals surface area (Å²) in [6.45, 7) is 3.52. The lowest BCUT2D eigenvalue weighted by atomic mass is 9.97. The number of hydroxylamine groups is 1. The molecule has 0 spiro atoms. The molecule has 1 aliphatic heterocycles. The van der Waals surface area contributed by atoms with Gasteiger partial charge >= 0.3 is 6.03 Å². The minimum atomic E-state index is -0.309. The Balaban J connectivity index is 1.52. The second-order valence-electron chi connectivity index (χ2n) is 6.66. The number of hydrogen-bond donors (Lipinski definition) is 2. The zero-order chi connectivity index (χ0) is 20.6. The van der Waals surface area contributed by atoms with E-state index in [4.69, 9.17) is 10.1 Å². The maximum atomic E-state index is 12.5. The standard InChI is InChI=1S/C20H23N5O3S/c1-2-28-24-20(27)25-9-3-4-16(12-25)19(26)22-11-18-23-17(13-29-18)15-7-5-14(10-21)6-8-15/h5-8,13,16H,2-4,9,11-12H2,1H3,(H,22,26)(H,24,27). The Bertz CT molecular complexity index is 890. The van der Waals surface area contributed by atoms with Crippen LogP contribution in [0.5, 0.6) is 0 Å². The van der Waals surface area contributed by atoms with Gasteiger partial charge in [0.05, 0.1) is 36.4 Å². The number of amides is 3. The third-order valence-corrected chi connectivity index (χ3v) is 5.51. The Morgan fingerprint density at radius 2 is 2.17 bits per heavy atom. The summed E-state index contributed by atoms with van der Waals surface area (Å²) in [6, 6.07) is 9.02. The molecule has 0 saturated carbocycles. The highest BCUT2D eigenvalue weighted by Gasteiger charge is 2.28. The van der Waals surface area contributed by atoms with Crippen molar-refractivity contribution in [3.63, 3.8) is 0 Å². The van der Waals surface area contributed by atoms with Crippen molar-refractivity contribution in [3.05, 3.63) is 40.2 Å². The molecule has 0 radical (unpaired) electrons. The number of piperidine rings is 1. The van der Waals surface area contributed by atoms with Crippen LogP contribution in [0, 0.1) is 17.2 Å². The number of rotatable bonds is 6. The lowest BCUT2D eigenvalue weighted by molar-refractivity contribution is -0.126. The minimum Gasteiger partial charge on any atom is -0.349 e. The second kappa shape index (κ2) is 10.0. The van der Waals surface area contributed by atoms with Gasteiger partial charge in [-0.1, -0.05) is 12.1 Å². The van der Waals surface area contributed by atoms with Crippen LogP contribution in [0.25, 0.3) is 11.3 Å². The summed E-state index contributed by atoms with van der Waals surface area (Å²) in [4.78, 5) is 35.7. The first-order valence-corrected chi connectivity index (χ1v) is 10.4. The van der Waals surface area contributed by atoms with E-state index in [-0.39, 0.29) is 17.9 Å². The number of thiazole rings is 1. The first-order valence-electron chi connectivity index (χ1n) is 9.50. The second-order valence-corrected chi connectivity index (χ2v) is 7.60. The molecule has 1 fully saturated rings. The summed E-state index contributed by atoms with van der Waals surface area (Å²) in [7, 11) is 0. The molecule has 2 aromatic rings. The third kappa shape index (κ3) is 5.53. The molecular formula is C20H23N5O3S. The number of nitrogens with one attached hydrogen (secondary N) is 2. The van der Waals surface area contributed by atoms with Gasteiger partial charge in [0.2, 0.25) is 5.91 Å². The Kier molecular flexibility index (Phi) is 7.16. The number of benzene rings is 1. The molecule has 1 aromatic carbocycles. The summed E-state index contributed by atoms with van der Waals surface area (Å²) < 4.78 is 0. The van der Waals surface area contributed by atoms with Crippen molar-refractivity contribution in [1.82, 2.24) is 20.7 Å². The molecular weight excluding hydrogens is 390 g/mol. The van der Waals surface area contributed by atoms with Gasteiger partial charge in [-0.25, -0.2) is 15.3 Å². The quantitative estimate of drug-likeness (QED) is 0.708. The molecule has 3 rings (SSSR count). The van der Waals surface area contributed by atoms with Crippen LogP contribution in [0.4, 0.5) is 4.79 Å². The summed E-state index contributed by atoms with van der Waals surface area (Å²) >= 11 is 1.48. The lowest BCUT2D eigenvalue weighted by Crippen LogP contribution is -2.48. The fourth-order valence-electron chi connectivity index (χ4n) is 3.12. The van der Waals surface area contributed by atoms with E-state index in [0.717, 1.165) is 29.1 Å². The van der Waals surface area contributed by atoms with Crippen LogP contribution in [-0.4, -0.2) is 41.5 Å². The van der Waals surface area contributed by atoms with Crippen molar-refractivity contribution in [2.45, 2.75) is 26.3 Å². The molecule has 2 heterocycles. The van der Waals surface area contributed by atoms with Crippen molar-refractivity contribution >= 4 is 23.3 Å². The van der Waals surface area contributed by atoms with Gasteiger partial charge in [-0.05, 0) is 31.9 Å². The van der Waals surface area contributed by atoms with E-state index in [0.29, 0.717) is 31.8 Å². The molecule has 2 N–H and O–H groups in total. The van der Waals surface area contributed by atoms with Gasteiger partial charge in [0.1, 0.15) is 5.01 Å². The van der Waals surface area contributed by atoms with Crippen LogP contribution >= 0.6 is 11.3 Å². The predicted octanol–water partition coefficient (Wildman–Crippen LogP) is 2.67. The van der Waals surface area contributed by atoms with Crippen molar-refractivity contribution in [1.29, 1.82) is 5.26 Å². The first-order chi connectivity index (χ1) is 14.1. The fraction of sp³-hybridized carbons (Fsp3) is 0.400. The normalized spacial score (nSPS) is 16.1. The first kappa shape index (κ1) is 20.8. The number of likely N-dealkylation sites (tertiary alicyclic amines) is 1. The van der Waals surface area contributed by atoms with Crippen LogP contribution in [0.1, 0.15) is 30.3 Å². The number of aromatic nitrogens is 1. The molecule has 9 heteroatoms. The molecule has 1 saturated heterocycles. The molecule has 0 bridgehead atoms. The van der Waals surface area contributed by atoms with Crippen molar-refractivity contribution in [3.8, 4) is 17.3 Å². The number of carbonyl (C=O) groups is 2. The maximum Gasteiger partial charge on any atom is 0.341 e. The molecule has 8 nitrogen and oxygen atoms in total. The number of nitriles is 1. The SMILES string of the molecule is CCONC(=O)N1CCCC(C(=O)NCc2nc(-c3ccc(C#N)cc3)cs2)C1. The van der Waals surface area contributed by atoms with Crippen LogP contribution in [-0.2, 0) is 16.2 Å². The van der Waals surface area contributed by atoms with Gasteiger partial charge in [0, 0.05) is 24.0 Å². The Hall–Kier alpha value is -2.96. The van der Waals surface area contributed by atoms with Crippen LogP contribution in [0.3, 0.4) is 0 Å². The Morgan fingerprint density at radius 3 is 2.90 bits per heavy atom. The minimum absolute atomic E-state index is 0.0750. The molecule has 1 unspecified atom stereocenters. The largest absolute Gasteiger partial charge is 0.349 e. The van der Waals surface area contributed by atoms with Gasteiger partial charge < -0.3 is 10.2 Å². The molecule has 29 heavy (non-hydrogen) atoms.